The lowest BCUT2D eigenvalue weighted by molar-refractivity contribution is 0.741. The average Bonchev–Trinajstić information content (AvgIpc) is 2.86. The summed E-state index contributed by atoms with van der Waals surface area (Å²) in [5, 5.41) is 12.7. The zero-order valence-electron chi connectivity index (χ0n) is 8.26. The van der Waals surface area contributed by atoms with Crippen LogP contribution in [0.4, 0.5) is 0 Å². The minimum atomic E-state index is 0.385. The molecular formula is C9H10ClN5. The first-order valence-corrected chi connectivity index (χ1v) is 5.24. The maximum atomic E-state index is 6.00. The molecule has 0 saturated heterocycles. The van der Waals surface area contributed by atoms with E-state index < -0.39 is 0 Å². The van der Waals surface area contributed by atoms with Crippen LogP contribution in [-0.2, 0) is 7.05 Å². The second-order valence-electron chi connectivity index (χ2n) is 3.78. The summed E-state index contributed by atoms with van der Waals surface area (Å²) in [4.78, 5) is 0. The fourth-order valence-corrected chi connectivity index (χ4v) is 1.83. The van der Waals surface area contributed by atoms with Crippen LogP contribution in [0.3, 0.4) is 0 Å². The summed E-state index contributed by atoms with van der Waals surface area (Å²) in [5.74, 6) is 2.22. The Morgan fingerprint density at radius 3 is 2.80 bits per heavy atom. The molecule has 0 radical (unpaired) electrons. The molecule has 0 aromatic carbocycles. The van der Waals surface area contributed by atoms with E-state index in [1.54, 1.807) is 4.68 Å². The molecule has 0 spiro atoms. The van der Waals surface area contributed by atoms with E-state index in [0.717, 1.165) is 11.6 Å². The van der Waals surface area contributed by atoms with Gasteiger partial charge in [0.1, 0.15) is 5.82 Å². The van der Waals surface area contributed by atoms with E-state index in [0.29, 0.717) is 11.2 Å². The first-order chi connectivity index (χ1) is 7.25. The van der Waals surface area contributed by atoms with Gasteiger partial charge >= 0.3 is 0 Å². The molecule has 2 heterocycles. The lowest BCUT2D eigenvalue weighted by Crippen LogP contribution is -2.02. The van der Waals surface area contributed by atoms with E-state index in [1.165, 1.54) is 12.8 Å². The Balaban J connectivity index is 2.12. The molecule has 0 unspecified atom stereocenters. The van der Waals surface area contributed by atoms with Gasteiger partial charge in [0.15, 0.2) is 5.82 Å². The second-order valence-corrected chi connectivity index (χ2v) is 4.12. The topological polar surface area (TPSA) is 48.5 Å². The van der Waals surface area contributed by atoms with Gasteiger partial charge in [-0.05, 0) is 24.4 Å². The van der Waals surface area contributed by atoms with Crippen molar-refractivity contribution >= 4 is 11.6 Å². The normalized spacial score (nSPS) is 15.9. The van der Waals surface area contributed by atoms with Crippen LogP contribution >= 0.6 is 11.6 Å². The van der Waals surface area contributed by atoms with E-state index in [9.17, 15) is 0 Å². The van der Waals surface area contributed by atoms with Crippen molar-refractivity contribution in [2.45, 2.75) is 18.8 Å². The number of aryl methyl sites for hydroxylation is 1. The zero-order valence-corrected chi connectivity index (χ0v) is 9.02. The van der Waals surface area contributed by atoms with Crippen LogP contribution < -0.4 is 0 Å². The van der Waals surface area contributed by atoms with E-state index in [-0.39, 0.29) is 0 Å². The van der Waals surface area contributed by atoms with E-state index in [1.807, 2.05) is 23.9 Å². The lowest BCUT2D eigenvalue weighted by atomic mass is 10.4. The van der Waals surface area contributed by atoms with Crippen molar-refractivity contribution in [1.82, 2.24) is 24.5 Å². The molecule has 2 aromatic rings. The lowest BCUT2D eigenvalue weighted by Gasteiger charge is -2.01. The van der Waals surface area contributed by atoms with E-state index in [4.69, 9.17) is 11.6 Å². The molecule has 0 bridgehead atoms. The fourth-order valence-electron chi connectivity index (χ4n) is 1.62. The van der Waals surface area contributed by atoms with Crippen LogP contribution in [-0.4, -0.2) is 24.5 Å². The van der Waals surface area contributed by atoms with E-state index in [2.05, 4.69) is 15.3 Å². The Morgan fingerprint density at radius 1 is 1.40 bits per heavy atom. The molecule has 2 aromatic heterocycles. The van der Waals surface area contributed by atoms with Gasteiger partial charge in [0.05, 0.1) is 0 Å². The zero-order chi connectivity index (χ0) is 10.4. The van der Waals surface area contributed by atoms with Crippen molar-refractivity contribution in [3.63, 3.8) is 0 Å². The minimum Gasteiger partial charge on any atom is -0.274 e. The molecule has 0 N–H and O–H groups in total. The third kappa shape index (κ3) is 1.43. The summed E-state index contributed by atoms with van der Waals surface area (Å²) in [6, 6.07) is 1.90. The van der Waals surface area contributed by atoms with Gasteiger partial charge in [-0.2, -0.15) is 5.10 Å². The van der Waals surface area contributed by atoms with Gasteiger partial charge < -0.3 is 0 Å². The first kappa shape index (κ1) is 8.91. The highest BCUT2D eigenvalue weighted by molar-refractivity contribution is 6.28. The van der Waals surface area contributed by atoms with Crippen LogP contribution in [0.25, 0.3) is 5.82 Å². The van der Waals surface area contributed by atoms with Gasteiger partial charge in [0.2, 0.25) is 5.28 Å². The summed E-state index contributed by atoms with van der Waals surface area (Å²) in [6.07, 6.45) is 4.21. The maximum absolute atomic E-state index is 6.00. The molecule has 1 aliphatic carbocycles. The molecule has 5 nitrogen and oxygen atoms in total. The number of halogens is 1. The summed E-state index contributed by atoms with van der Waals surface area (Å²) >= 11 is 6.00. The Bertz CT molecular complexity index is 496. The molecule has 1 saturated carbocycles. The molecule has 78 valence electrons. The largest absolute Gasteiger partial charge is 0.274 e. The fraction of sp³-hybridized carbons (Fsp3) is 0.444. The standard InChI is InChI=1S/C9H10ClN5/c1-14-5-4-7(13-14)15-8(6-2-3-6)11-12-9(15)10/h4-6H,2-3H2,1H3. The predicted molar refractivity (Wildman–Crippen MR) is 55.1 cm³/mol. The predicted octanol–water partition coefficient (Wildman–Crippen LogP) is 1.53. The van der Waals surface area contributed by atoms with E-state index >= 15 is 0 Å². The smallest absolute Gasteiger partial charge is 0.230 e. The minimum absolute atomic E-state index is 0.385. The molecule has 1 aliphatic rings. The van der Waals surface area contributed by atoms with Gasteiger partial charge in [0, 0.05) is 25.2 Å². The SMILES string of the molecule is Cn1ccc(-n2c(Cl)nnc2C2CC2)n1. The van der Waals surface area contributed by atoms with Crippen LogP contribution in [0.1, 0.15) is 24.6 Å². The maximum Gasteiger partial charge on any atom is 0.230 e. The summed E-state index contributed by atoms with van der Waals surface area (Å²) < 4.78 is 3.56. The molecule has 15 heavy (non-hydrogen) atoms. The van der Waals surface area contributed by atoms with Gasteiger partial charge in [-0.1, -0.05) is 0 Å². The Hall–Kier alpha value is -1.36. The Morgan fingerprint density at radius 2 is 2.20 bits per heavy atom. The van der Waals surface area contributed by atoms with Crippen molar-refractivity contribution in [2.24, 2.45) is 7.05 Å². The number of nitrogens with zero attached hydrogens (tertiary/aromatic N) is 5. The monoisotopic (exact) mass is 223 g/mol. The summed E-state index contributed by atoms with van der Waals surface area (Å²) in [7, 11) is 1.87. The van der Waals surface area contributed by atoms with Crippen molar-refractivity contribution in [2.75, 3.05) is 0 Å². The third-order valence-corrected chi connectivity index (χ3v) is 2.76. The van der Waals surface area contributed by atoms with Gasteiger partial charge in [-0.15, -0.1) is 10.2 Å². The Kier molecular flexibility index (Phi) is 1.82. The van der Waals surface area contributed by atoms with Crippen LogP contribution in [0.15, 0.2) is 12.3 Å². The summed E-state index contributed by atoms with van der Waals surface area (Å²) in [6.45, 7) is 0. The first-order valence-electron chi connectivity index (χ1n) is 4.86. The molecule has 6 heteroatoms. The number of hydrogen-bond donors (Lipinski definition) is 0. The molecule has 0 atom stereocenters. The highest BCUT2D eigenvalue weighted by atomic mass is 35.5. The van der Waals surface area contributed by atoms with Crippen molar-refractivity contribution in [3.8, 4) is 5.82 Å². The van der Waals surface area contributed by atoms with Gasteiger partial charge in [0.25, 0.3) is 0 Å². The van der Waals surface area contributed by atoms with Crippen LogP contribution in [0.5, 0.6) is 0 Å². The molecule has 0 aliphatic heterocycles. The third-order valence-electron chi connectivity index (χ3n) is 2.52. The number of aromatic nitrogens is 5. The quantitative estimate of drug-likeness (QED) is 0.776. The molecular weight excluding hydrogens is 214 g/mol. The highest BCUT2D eigenvalue weighted by Crippen LogP contribution is 2.40. The highest BCUT2D eigenvalue weighted by Gasteiger charge is 2.31. The Labute approximate surface area is 91.7 Å². The summed E-state index contributed by atoms with van der Waals surface area (Å²) in [5.41, 5.74) is 0. The van der Waals surface area contributed by atoms with Crippen LogP contribution in [0, 0.1) is 0 Å². The van der Waals surface area contributed by atoms with Crippen molar-refractivity contribution in [3.05, 3.63) is 23.4 Å². The van der Waals surface area contributed by atoms with Crippen molar-refractivity contribution < 1.29 is 0 Å². The number of rotatable bonds is 2. The molecule has 3 rings (SSSR count). The van der Waals surface area contributed by atoms with Gasteiger partial charge in [-0.25, -0.2) is 0 Å². The number of hydrogen-bond acceptors (Lipinski definition) is 3. The second kappa shape index (κ2) is 3.06. The van der Waals surface area contributed by atoms with Crippen molar-refractivity contribution in [1.29, 1.82) is 0 Å². The van der Waals surface area contributed by atoms with Gasteiger partial charge in [-0.3, -0.25) is 9.25 Å². The van der Waals surface area contributed by atoms with Crippen LogP contribution in [0.2, 0.25) is 5.28 Å². The molecule has 0 amide bonds. The molecule has 1 fully saturated rings. The average molecular weight is 224 g/mol.